The molecule has 1 atom stereocenters. The quantitative estimate of drug-likeness (QED) is 0.696. The van der Waals surface area contributed by atoms with Crippen LogP contribution < -0.4 is 0 Å². The maximum Gasteiger partial charge on any atom is 0.311 e. The summed E-state index contributed by atoms with van der Waals surface area (Å²) in [5.41, 5.74) is -1.45. The van der Waals surface area contributed by atoms with Gasteiger partial charge in [0.2, 0.25) is 0 Å². The molecule has 0 aromatic heterocycles. The highest BCUT2D eigenvalue weighted by Gasteiger charge is 2.41. The lowest BCUT2D eigenvalue weighted by atomic mass is 9.75. The van der Waals surface area contributed by atoms with Crippen LogP contribution in [0.5, 0.6) is 0 Å². The molecule has 0 amide bonds. The highest BCUT2D eigenvalue weighted by molar-refractivity contribution is 5.81. The monoisotopic (exact) mass is 213 g/mol. The highest BCUT2D eigenvalue weighted by atomic mass is 16.4. The van der Waals surface area contributed by atoms with Crippen molar-refractivity contribution in [2.75, 3.05) is 0 Å². The van der Waals surface area contributed by atoms with E-state index in [4.69, 9.17) is 15.5 Å². The molecule has 0 heterocycles. The molecular weight excluding hydrogens is 198 g/mol. The molecule has 0 saturated carbocycles. The molecule has 0 saturated heterocycles. The van der Waals surface area contributed by atoms with Crippen LogP contribution in [0.25, 0.3) is 0 Å². The molecule has 0 fully saturated rings. The molecule has 2 N–H and O–H groups in total. The van der Waals surface area contributed by atoms with Crippen molar-refractivity contribution in [2.24, 2.45) is 11.3 Å². The van der Waals surface area contributed by atoms with Crippen molar-refractivity contribution < 1.29 is 19.8 Å². The molecular formula is C10H15NO4. The second kappa shape index (κ2) is 5.35. The van der Waals surface area contributed by atoms with E-state index in [1.807, 2.05) is 0 Å². The molecule has 0 aromatic rings. The summed E-state index contributed by atoms with van der Waals surface area (Å²) in [6.07, 6.45) is -0.580. The van der Waals surface area contributed by atoms with Gasteiger partial charge in [-0.15, -0.1) is 0 Å². The Labute approximate surface area is 88.3 Å². The second-order valence-corrected chi connectivity index (χ2v) is 4.09. The van der Waals surface area contributed by atoms with Crippen molar-refractivity contribution in [1.82, 2.24) is 0 Å². The third kappa shape index (κ3) is 3.98. The summed E-state index contributed by atoms with van der Waals surface area (Å²) in [6.45, 7) is 3.60. The van der Waals surface area contributed by atoms with Crippen molar-refractivity contribution in [1.29, 1.82) is 5.26 Å². The number of carboxylic acids is 2. The van der Waals surface area contributed by atoms with Crippen molar-refractivity contribution in [3.63, 3.8) is 0 Å². The zero-order chi connectivity index (χ0) is 12.1. The first-order valence-corrected chi connectivity index (χ1v) is 4.66. The van der Waals surface area contributed by atoms with Crippen LogP contribution in [0.2, 0.25) is 0 Å². The average molecular weight is 213 g/mol. The molecule has 0 bridgehead atoms. The van der Waals surface area contributed by atoms with Gasteiger partial charge in [0.15, 0.2) is 0 Å². The van der Waals surface area contributed by atoms with Crippen LogP contribution in [0.4, 0.5) is 0 Å². The number of rotatable bonds is 6. The third-order valence-electron chi connectivity index (χ3n) is 2.16. The summed E-state index contributed by atoms with van der Waals surface area (Å²) in [5, 5.41) is 26.3. The molecule has 5 heteroatoms. The number of nitrogens with zero attached hydrogens (tertiary/aromatic N) is 1. The Morgan fingerprint density at radius 3 is 2.20 bits per heavy atom. The van der Waals surface area contributed by atoms with Crippen LogP contribution in [0.1, 0.15) is 33.1 Å². The molecule has 0 spiro atoms. The Bertz CT molecular complexity index is 292. The summed E-state index contributed by atoms with van der Waals surface area (Å²) < 4.78 is 0. The third-order valence-corrected chi connectivity index (χ3v) is 2.16. The number of carbonyl (C=O) groups is 2. The van der Waals surface area contributed by atoms with E-state index < -0.39 is 23.8 Å². The maximum absolute atomic E-state index is 11.1. The molecule has 0 radical (unpaired) electrons. The minimum absolute atomic E-state index is 0.0359. The Kier molecular flexibility index (Phi) is 4.79. The molecule has 5 nitrogen and oxygen atoms in total. The lowest BCUT2D eigenvalue weighted by molar-refractivity contribution is -0.156. The number of nitriles is 1. The van der Waals surface area contributed by atoms with E-state index >= 15 is 0 Å². The molecule has 0 aliphatic rings. The lowest BCUT2D eigenvalue weighted by Crippen LogP contribution is -2.34. The molecule has 0 aromatic carbocycles. The number of carboxylic acid groups (broad SMARTS) is 2. The predicted molar refractivity (Wildman–Crippen MR) is 52.0 cm³/mol. The standard InChI is InChI=1S/C10H15NO4/c1-7(2)5-10(3-4-11,9(14)15)6-8(12)13/h7H,3,5-6H2,1-2H3,(H,12,13)(H,14,15). The summed E-state index contributed by atoms with van der Waals surface area (Å²) >= 11 is 0. The fraction of sp³-hybridized carbons (Fsp3) is 0.700. The van der Waals surface area contributed by atoms with E-state index in [9.17, 15) is 9.59 Å². The first-order chi connectivity index (χ1) is 6.84. The van der Waals surface area contributed by atoms with E-state index in [0.717, 1.165) is 0 Å². The number of aliphatic carboxylic acids is 2. The van der Waals surface area contributed by atoms with Crippen LogP contribution in [-0.2, 0) is 9.59 Å². The zero-order valence-corrected chi connectivity index (χ0v) is 8.86. The predicted octanol–water partition coefficient (Wildman–Crippen LogP) is 1.49. The second-order valence-electron chi connectivity index (χ2n) is 4.09. The first-order valence-electron chi connectivity index (χ1n) is 4.66. The van der Waals surface area contributed by atoms with E-state index in [1.165, 1.54) is 0 Å². The van der Waals surface area contributed by atoms with Gasteiger partial charge in [0.05, 0.1) is 24.3 Å². The Balaban J connectivity index is 4.99. The van der Waals surface area contributed by atoms with Crippen molar-refractivity contribution >= 4 is 11.9 Å². The van der Waals surface area contributed by atoms with E-state index in [0.29, 0.717) is 0 Å². The van der Waals surface area contributed by atoms with Crippen LogP contribution >= 0.6 is 0 Å². The fourth-order valence-electron chi connectivity index (χ4n) is 1.67. The van der Waals surface area contributed by atoms with Gasteiger partial charge in [0.1, 0.15) is 0 Å². The van der Waals surface area contributed by atoms with Crippen molar-refractivity contribution in [3.05, 3.63) is 0 Å². The Morgan fingerprint density at radius 1 is 1.40 bits per heavy atom. The van der Waals surface area contributed by atoms with E-state index in [2.05, 4.69) is 0 Å². The molecule has 15 heavy (non-hydrogen) atoms. The molecule has 0 rings (SSSR count). The largest absolute Gasteiger partial charge is 0.481 e. The Hall–Kier alpha value is -1.57. The smallest absolute Gasteiger partial charge is 0.311 e. The molecule has 0 aliphatic heterocycles. The minimum atomic E-state index is -1.45. The van der Waals surface area contributed by atoms with Gasteiger partial charge < -0.3 is 10.2 Å². The van der Waals surface area contributed by atoms with E-state index in [-0.39, 0.29) is 18.8 Å². The van der Waals surface area contributed by atoms with Crippen molar-refractivity contribution in [3.8, 4) is 6.07 Å². The topological polar surface area (TPSA) is 98.4 Å². The van der Waals surface area contributed by atoms with Crippen LogP contribution in [0.3, 0.4) is 0 Å². The highest BCUT2D eigenvalue weighted by Crippen LogP contribution is 2.34. The molecule has 84 valence electrons. The van der Waals surface area contributed by atoms with Gasteiger partial charge in [-0.1, -0.05) is 13.8 Å². The maximum atomic E-state index is 11.1. The molecule has 0 aliphatic carbocycles. The number of hydrogen-bond acceptors (Lipinski definition) is 3. The van der Waals surface area contributed by atoms with Gasteiger partial charge >= 0.3 is 11.9 Å². The summed E-state index contributed by atoms with van der Waals surface area (Å²) in [6, 6.07) is 1.76. The van der Waals surface area contributed by atoms with Crippen LogP contribution in [0, 0.1) is 22.7 Å². The average Bonchev–Trinajstić information content (AvgIpc) is 2.01. The van der Waals surface area contributed by atoms with Crippen LogP contribution in [-0.4, -0.2) is 22.2 Å². The summed E-state index contributed by atoms with van der Waals surface area (Å²) in [5.74, 6) is -2.36. The van der Waals surface area contributed by atoms with Gasteiger partial charge in [0.25, 0.3) is 0 Å². The summed E-state index contributed by atoms with van der Waals surface area (Å²) in [7, 11) is 0. The normalized spacial score (nSPS) is 14.3. The SMILES string of the molecule is CC(C)CC(CC#N)(CC(=O)O)C(=O)O. The van der Waals surface area contributed by atoms with Crippen molar-refractivity contribution in [2.45, 2.75) is 33.1 Å². The number of hydrogen-bond donors (Lipinski definition) is 2. The van der Waals surface area contributed by atoms with Gasteiger partial charge in [-0.25, -0.2) is 0 Å². The zero-order valence-electron chi connectivity index (χ0n) is 8.86. The van der Waals surface area contributed by atoms with Gasteiger partial charge in [-0.3, -0.25) is 9.59 Å². The minimum Gasteiger partial charge on any atom is -0.481 e. The van der Waals surface area contributed by atoms with Crippen LogP contribution in [0.15, 0.2) is 0 Å². The summed E-state index contributed by atoms with van der Waals surface area (Å²) in [4.78, 5) is 21.7. The lowest BCUT2D eigenvalue weighted by Gasteiger charge is -2.26. The molecule has 1 unspecified atom stereocenters. The van der Waals surface area contributed by atoms with E-state index in [1.54, 1.807) is 19.9 Å². The van der Waals surface area contributed by atoms with Gasteiger partial charge in [-0.05, 0) is 12.3 Å². The van der Waals surface area contributed by atoms with Gasteiger partial charge in [-0.2, -0.15) is 5.26 Å². The Morgan fingerprint density at radius 2 is 1.93 bits per heavy atom. The fourth-order valence-corrected chi connectivity index (χ4v) is 1.67. The van der Waals surface area contributed by atoms with Gasteiger partial charge in [0, 0.05) is 0 Å². The first kappa shape index (κ1) is 13.4.